The molecule has 0 aliphatic heterocycles. The number of benzene rings is 1. The molecule has 0 amide bonds. The number of carboxylic acid groups (broad SMARTS) is 1. The van der Waals surface area contributed by atoms with Gasteiger partial charge in [-0.1, -0.05) is 13.0 Å². The summed E-state index contributed by atoms with van der Waals surface area (Å²) in [6.07, 6.45) is -0.111. The molecule has 3 nitrogen and oxygen atoms in total. The molecule has 16 heavy (non-hydrogen) atoms. The summed E-state index contributed by atoms with van der Waals surface area (Å²) in [6, 6.07) is 3.92. The van der Waals surface area contributed by atoms with Crippen LogP contribution >= 0.6 is 0 Å². The van der Waals surface area contributed by atoms with Gasteiger partial charge in [0.1, 0.15) is 5.82 Å². The van der Waals surface area contributed by atoms with Crippen molar-refractivity contribution in [2.24, 2.45) is 5.92 Å². The van der Waals surface area contributed by atoms with E-state index in [0.29, 0.717) is 5.56 Å². The molecule has 0 fully saturated rings. The maximum Gasteiger partial charge on any atom is 0.306 e. The Hall–Kier alpha value is -1.71. The molecule has 0 saturated carbocycles. The molecule has 1 unspecified atom stereocenters. The number of hydrogen-bond donors (Lipinski definition) is 1. The lowest BCUT2D eigenvalue weighted by molar-refractivity contribution is -0.141. The molecular formula is C12H13FO3. The fourth-order valence-electron chi connectivity index (χ4n) is 1.37. The topological polar surface area (TPSA) is 54.4 Å². The predicted molar refractivity (Wildman–Crippen MR) is 56.9 cm³/mol. The molecule has 0 aliphatic rings. The number of carbonyl (C=O) groups is 2. The fourth-order valence-corrected chi connectivity index (χ4v) is 1.37. The van der Waals surface area contributed by atoms with Gasteiger partial charge in [-0.15, -0.1) is 0 Å². The van der Waals surface area contributed by atoms with Gasteiger partial charge in [-0.2, -0.15) is 0 Å². The van der Waals surface area contributed by atoms with Crippen LogP contribution in [0.5, 0.6) is 0 Å². The quantitative estimate of drug-likeness (QED) is 0.799. The summed E-state index contributed by atoms with van der Waals surface area (Å²) in [4.78, 5) is 22.3. The molecule has 4 heteroatoms. The maximum atomic E-state index is 12.9. The van der Waals surface area contributed by atoms with Crippen LogP contribution in [0.1, 0.15) is 29.3 Å². The van der Waals surface area contributed by atoms with E-state index < -0.39 is 17.7 Å². The lowest BCUT2D eigenvalue weighted by Gasteiger charge is -2.07. The van der Waals surface area contributed by atoms with Crippen LogP contribution in [-0.2, 0) is 4.79 Å². The molecule has 1 atom stereocenters. The van der Waals surface area contributed by atoms with E-state index in [0.717, 1.165) is 6.07 Å². The Bertz CT molecular complexity index is 426. The lowest BCUT2D eigenvalue weighted by atomic mass is 9.97. The highest BCUT2D eigenvalue weighted by Gasteiger charge is 2.18. The third-order valence-corrected chi connectivity index (χ3v) is 2.41. The van der Waals surface area contributed by atoms with Gasteiger partial charge in [0.15, 0.2) is 5.78 Å². The Kier molecular flexibility index (Phi) is 3.77. The van der Waals surface area contributed by atoms with Gasteiger partial charge in [-0.25, -0.2) is 4.39 Å². The van der Waals surface area contributed by atoms with Crippen molar-refractivity contribution in [3.8, 4) is 0 Å². The average molecular weight is 224 g/mol. The minimum atomic E-state index is -1.03. The highest BCUT2D eigenvalue weighted by atomic mass is 19.1. The molecule has 0 bridgehead atoms. The Labute approximate surface area is 92.9 Å². The Balaban J connectivity index is 2.88. The van der Waals surface area contributed by atoms with E-state index in [9.17, 15) is 14.0 Å². The molecule has 0 aliphatic carbocycles. The second-order valence-corrected chi connectivity index (χ2v) is 3.83. The van der Waals surface area contributed by atoms with Gasteiger partial charge in [-0.05, 0) is 24.6 Å². The molecule has 86 valence electrons. The molecule has 0 heterocycles. The number of halogens is 1. The van der Waals surface area contributed by atoms with Gasteiger partial charge in [0.2, 0.25) is 0 Å². The van der Waals surface area contributed by atoms with E-state index in [1.54, 1.807) is 6.92 Å². The van der Waals surface area contributed by atoms with Crippen molar-refractivity contribution in [2.75, 3.05) is 0 Å². The smallest absolute Gasteiger partial charge is 0.306 e. The van der Waals surface area contributed by atoms with E-state index in [4.69, 9.17) is 5.11 Å². The summed E-state index contributed by atoms with van der Waals surface area (Å²) < 4.78 is 12.9. The van der Waals surface area contributed by atoms with Crippen LogP contribution in [0, 0.1) is 18.7 Å². The molecule has 1 aromatic rings. The standard InChI is InChI=1S/C12H13FO3/c1-7-3-4-9(13)6-10(7)11(14)5-8(2)12(15)16/h3-4,6,8H,5H2,1-2H3,(H,15,16). The molecule has 1 aromatic carbocycles. The van der Waals surface area contributed by atoms with E-state index in [1.165, 1.54) is 19.1 Å². The number of rotatable bonds is 4. The summed E-state index contributed by atoms with van der Waals surface area (Å²) in [5, 5.41) is 8.68. The number of carbonyl (C=O) groups excluding carboxylic acids is 1. The summed E-state index contributed by atoms with van der Waals surface area (Å²) >= 11 is 0. The van der Waals surface area contributed by atoms with Gasteiger partial charge >= 0.3 is 5.97 Å². The highest BCUT2D eigenvalue weighted by Crippen LogP contribution is 2.15. The van der Waals surface area contributed by atoms with E-state index in [2.05, 4.69) is 0 Å². The first-order valence-electron chi connectivity index (χ1n) is 4.94. The summed E-state index contributed by atoms with van der Waals surface area (Å²) in [5.74, 6) is -2.61. The monoisotopic (exact) mass is 224 g/mol. The molecule has 0 aromatic heterocycles. The second-order valence-electron chi connectivity index (χ2n) is 3.83. The van der Waals surface area contributed by atoms with Gasteiger partial charge < -0.3 is 5.11 Å². The number of Topliss-reactive ketones (excluding diaryl/α,β-unsaturated/α-hetero) is 1. The van der Waals surface area contributed by atoms with Crippen LogP contribution in [0.25, 0.3) is 0 Å². The van der Waals surface area contributed by atoms with E-state index in [-0.39, 0.29) is 17.8 Å². The van der Waals surface area contributed by atoms with Crippen LogP contribution < -0.4 is 0 Å². The zero-order chi connectivity index (χ0) is 12.3. The zero-order valence-corrected chi connectivity index (χ0v) is 9.16. The van der Waals surface area contributed by atoms with Crippen LogP contribution in [0.2, 0.25) is 0 Å². The van der Waals surface area contributed by atoms with Gasteiger partial charge in [0.05, 0.1) is 5.92 Å². The van der Waals surface area contributed by atoms with Gasteiger partial charge in [-0.3, -0.25) is 9.59 Å². The highest BCUT2D eigenvalue weighted by molar-refractivity contribution is 5.99. The van der Waals surface area contributed by atoms with Gasteiger partial charge in [0, 0.05) is 12.0 Å². The van der Waals surface area contributed by atoms with Gasteiger partial charge in [0.25, 0.3) is 0 Å². The number of ketones is 1. The summed E-state index contributed by atoms with van der Waals surface area (Å²) in [6.45, 7) is 3.15. The fraction of sp³-hybridized carbons (Fsp3) is 0.333. The van der Waals surface area contributed by atoms with E-state index in [1.807, 2.05) is 0 Å². The van der Waals surface area contributed by atoms with Crippen molar-refractivity contribution in [3.63, 3.8) is 0 Å². The van der Waals surface area contributed by atoms with E-state index >= 15 is 0 Å². The van der Waals surface area contributed by atoms with Crippen LogP contribution in [0.3, 0.4) is 0 Å². The summed E-state index contributed by atoms with van der Waals surface area (Å²) in [7, 11) is 0. The minimum Gasteiger partial charge on any atom is -0.481 e. The SMILES string of the molecule is Cc1ccc(F)cc1C(=O)CC(C)C(=O)O. The number of carboxylic acids is 1. The van der Waals surface area contributed by atoms with Crippen molar-refractivity contribution < 1.29 is 19.1 Å². The molecular weight excluding hydrogens is 211 g/mol. The lowest BCUT2D eigenvalue weighted by Crippen LogP contribution is -2.15. The molecule has 0 radical (unpaired) electrons. The van der Waals surface area contributed by atoms with Crippen molar-refractivity contribution in [1.82, 2.24) is 0 Å². The third kappa shape index (κ3) is 2.89. The predicted octanol–water partition coefficient (Wildman–Crippen LogP) is 2.43. The first kappa shape index (κ1) is 12.4. The maximum absolute atomic E-state index is 12.9. The molecule has 0 saturated heterocycles. The third-order valence-electron chi connectivity index (χ3n) is 2.41. The Morgan fingerprint density at radius 2 is 2.06 bits per heavy atom. The molecule has 0 spiro atoms. The zero-order valence-electron chi connectivity index (χ0n) is 9.16. The minimum absolute atomic E-state index is 0.111. The number of aryl methyl sites for hydroxylation is 1. The molecule has 1 rings (SSSR count). The first-order valence-corrected chi connectivity index (χ1v) is 4.94. The van der Waals surface area contributed by atoms with Crippen LogP contribution in [0.15, 0.2) is 18.2 Å². The second kappa shape index (κ2) is 4.88. The molecule has 1 N–H and O–H groups in total. The van der Waals surface area contributed by atoms with Crippen molar-refractivity contribution in [1.29, 1.82) is 0 Å². The summed E-state index contributed by atoms with van der Waals surface area (Å²) in [5.41, 5.74) is 0.914. The largest absolute Gasteiger partial charge is 0.481 e. The number of hydrogen-bond acceptors (Lipinski definition) is 2. The van der Waals surface area contributed by atoms with Crippen molar-refractivity contribution >= 4 is 11.8 Å². The average Bonchev–Trinajstić information content (AvgIpc) is 2.21. The normalized spacial score (nSPS) is 12.2. The Morgan fingerprint density at radius 1 is 1.44 bits per heavy atom. The Morgan fingerprint density at radius 3 is 2.62 bits per heavy atom. The van der Waals surface area contributed by atoms with Crippen LogP contribution in [0.4, 0.5) is 4.39 Å². The number of aliphatic carboxylic acids is 1. The van der Waals surface area contributed by atoms with Crippen molar-refractivity contribution in [2.45, 2.75) is 20.3 Å². The van der Waals surface area contributed by atoms with Crippen LogP contribution in [-0.4, -0.2) is 16.9 Å². The first-order chi connectivity index (χ1) is 7.41. The van der Waals surface area contributed by atoms with Crippen molar-refractivity contribution in [3.05, 3.63) is 35.1 Å².